The van der Waals surface area contributed by atoms with Gasteiger partial charge in [-0.3, -0.25) is 4.79 Å². The summed E-state index contributed by atoms with van der Waals surface area (Å²) in [4.78, 5) is 12.6. The number of amides is 1. The van der Waals surface area contributed by atoms with Gasteiger partial charge in [0.1, 0.15) is 5.75 Å². The maximum absolute atomic E-state index is 12.6. The van der Waals surface area contributed by atoms with Crippen LogP contribution in [0.5, 0.6) is 5.75 Å². The van der Waals surface area contributed by atoms with Crippen LogP contribution in [-0.4, -0.2) is 17.6 Å². The Balaban J connectivity index is 1.63. The second-order valence-corrected chi connectivity index (χ2v) is 7.17. The van der Waals surface area contributed by atoms with Gasteiger partial charge in [-0.05, 0) is 48.2 Å². The van der Waals surface area contributed by atoms with Crippen LogP contribution in [0.3, 0.4) is 0 Å². The first-order valence-electron chi connectivity index (χ1n) is 9.81. The van der Waals surface area contributed by atoms with Gasteiger partial charge >= 0.3 is 0 Å². The van der Waals surface area contributed by atoms with Crippen LogP contribution >= 0.6 is 0 Å². The minimum atomic E-state index is -0.199. The van der Waals surface area contributed by atoms with Crippen LogP contribution in [0.4, 0.5) is 0 Å². The summed E-state index contributed by atoms with van der Waals surface area (Å²) in [5.41, 5.74) is 5.12. The first-order chi connectivity index (χ1) is 14.1. The average Bonchev–Trinajstić information content (AvgIpc) is 2.73. The fourth-order valence-corrected chi connectivity index (χ4v) is 3.19. The SMILES string of the molecule is Cc1ccc(C(NC(=O)CCOc2ccc(CO)c(C)c2)c2ccccc2)cc1. The van der Waals surface area contributed by atoms with Crippen LogP contribution in [0.15, 0.2) is 72.8 Å². The summed E-state index contributed by atoms with van der Waals surface area (Å²) >= 11 is 0. The molecule has 1 atom stereocenters. The third kappa shape index (κ3) is 5.69. The van der Waals surface area contributed by atoms with E-state index < -0.39 is 0 Å². The molecule has 4 heteroatoms. The van der Waals surface area contributed by atoms with Gasteiger partial charge in [0.05, 0.1) is 25.7 Å². The van der Waals surface area contributed by atoms with E-state index >= 15 is 0 Å². The lowest BCUT2D eigenvalue weighted by Crippen LogP contribution is -2.30. The Morgan fingerprint density at radius 2 is 1.66 bits per heavy atom. The van der Waals surface area contributed by atoms with Crippen LogP contribution in [0.1, 0.15) is 40.3 Å². The lowest BCUT2D eigenvalue weighted by Gasteiger charge is -2.20. The van der Waals surface area contributed by atoms with Crippen molar-refractivity contribution in [3.63, 3.8) is 0 Å². The van der Waals surface area contributed by atoms with Gasteiger partial charge in [0.2, 0.25) is 5.91 Å². The first kappa shape index (κ1) is 20.6. The van der Waals surface area contributed by atoms with E-state index in [2.05, 4.69) is 29.6 Å². The number of benzene rings is 3. The molecule has 3 aromatic carbocycles. The number of carbonyl (C=O) groups excluding carboxylic acids is 1. The predicted molar refractivity (Wildman–Crippen MR) is 115 cm³/mol. The van der Waals surface area contributed by atoms with Crippen molar-refractivity contribution in [2.75, 3.05) is 6.61 Å². The second kappa shape index (κ2) is 9.89. The highest BCUT2D eigenvalue weighted by Crippen LogP contribution is 2.23. The van der Waals surface area contributed by atoms with Gasteiger partial charge in [0.25, 0.3) is 0 Å². The maximum Gasteiger partial charge on any atom is 0.224 e. The predicted octanol–water partition coefficient (Wildman–Crippen LogP) is 4.47. The van der Waals surface area contributed by atoms with E-state index in [4.69, 9.17) is 4.74 Å². The fourth-order valence-electron chi connectivity index (χ4n) is 3.19. The fraction of sp³-hybridized carbons (Fsp3) is 0.240. The normalized spacial score (nSPS) is 11.7. The van der Waals surface area contributed by atoms with Crippen molar-refractivity contribution in [1.82, 2.24) is 5.32 Å². The molecule has 0 aromatic heterocycles. The molecule has 0 saturated carbocycles. The molecule has 0 aliphatic rings. The maximum atomic E-state index is 12.6. The Morgan fingerprint density at radius 1 is 0.966 bits per heavy atom. The first-order valence-corrected chi connectivity index (χ1v) is 9.81. The minimum absolute atomic E-state index is 0.00834. The van der Waals surface area contributed by atoms with E-state index in [1.54, 1.807) is 0 Å². The molecule has 29 heavy (non-hydrogen) atoms. The van der Waals surface area contributed by atoms with Gasteiger partial charge in [-0.15, -0.1) is 0 Å². The summed E-state index contributed by atoms with van der Waals surface area (Å²) in [5, 5.41) is 12.4. The molecule has 3 rings (SSSR count). The quantitative estimate of drug-likeness (QED) is 0.598. The highest BCUT2D eigenvalue weighted by atomic mass is 16.5. The molecule has 0 aliphatic carbocycles. The molecule has 0 bridgehead atoms. The highest BCUT2D eigenvalue weighted by Gasteiger charge is 2.16. The van der Waals surface area contributed by atoms with E-state index in [-0.39, 0.29) is 25.0 Å². The Hall–Kier alpha value is -3.11. The molecule has 0 heterocycles. The van der Waals surface area contributed by atoms with Crippen LogP contribution in [0.2, 0.25) is 0 Å². The van der Waals surface area contributed by atoms with E-state index in [1.165, 1.54) is 5.56 Å². The van der Waals surface area contributed by atoms with Crippen molar-refractivity contribution in [2.45, 2.75) is 32.9 Å². The van der Waals surface area contributed by atoms with Crippen molar-refractivity contribution >= 4 is 5.91 Å². The molecule has 0 aliphatic heterocycles. The topological polar surface area (TPSA) is 58.6 Å². The van der Waals surface area contributed by atoms with Gasteiger partial charge < -0.3 is 15.2 Å². The molecule has 2 N–H and O–H groups in total. The zero-order valence-corrected chi connectivity index (χ0v) is 16.9. The standard InChI is InChI=1S/C25H27NO3/c1-18-8-10-21(11-9-18)25(20-6-4-3-5-7-20)26-24(28)14-15-29-23-13-12-22(17-27)19(2)16-23/h3-13,16,25,27H,14-15,17H2,1-2H3,(H,26,28). The van der Waals surface area contributed by atoms with Crippen LogP contribution in [0.25, 0.3) is 0 Å². The number of rotatable bonds is 8. The molecule has 0 radical (unpaired) electrons. The lowest BCUT2D eigenvalue weighted by molar-refractivity contribution is -0.122. The van der Waals surface area contributed by atoms with E-state index in [0.717, 1.165) is 22.3 Å². The number of aliphatic hydroxyl groups is 1. The summed E-state index contributed by atoms with van der Waals surface area (Å²) in [7, 11) is 0. The smallest absolute Gasteiger partial charge is 0.224 e. The largest absolute Gasteiger partial charge is 0.493 e. The van der Waals surface area contributed by atoms with Crippen LogP contribution < -0.4 is 10.1 Å². The molecule has 150 valence electrons. The molecule has 0 fully saturated rings. The van der Waals surface area contributed by atoms with Gasteiger partial charge in [-0.2, -0.15) is 0 Å². The average molecular weight is 389 g/mol. The van der Waals surface area contributed by atoms with Crippen molar-refractivity contribution in [3.8, 4) is 5.75 Å². The molecule has 0 saturated heterocycles. The number of hydrogen-bond donors (Lipinski definition) is 2. The molecular formula is C25H27NO3. The van der Waals surface area contributed by atoms with Crippen molar-refractivity contribution in [2.24, 2.45) is 0 Å². The zero-order chi connectivity index (χ0) is 20.6. The summed E-state index contributed by atoms with van der Waals surface area (Å²) in [6.07, 6.45) is 0.260. The number of carbonyl (C=O) groups is 1. The minimum Gasteiger partial charge on any atom is -0.493 e. The van der Waals surface area contributed by atoms with Gasteiger partial charge in [0, 0.05) is 0 Å². The third-order valence-electron chi connectivity index (χ3n) is 4.93. The van der Waals surface area contributed by atoms with Crippen molar-refractivity contribution in [3.05, 3.63) is 101 Å². The lowest BCUT2D eigenvalue weighted by atomic mass is 9.97. The van der Waals surface area contributed by atoms with Gasteiger partial charge in [-0.1, -0.05) is 66.2 Å². The van der Waals surface area contributed by atoms with Crippen LogP contribution in [0, 0.1) is 13.8 Å². The summed E-state index contributed by atoms with van der Waals surface area (Å²) in [6, 6.07) is 23.5. The highest BCUT2D eigenvalue weighted by molar-refractivity contribution is 5.77. The Kier molecular flexibility index (Phi) is 7.04. The molecule has 0 spiro atoms. The third-order valence-corrected chi connectivity index (χ3v) is 4.93. The van der Waals surface area contributed by atoms with Crippen molar-refractivity contribution in [1.29, 1.82) is 0 Å². The van der Waals surface area contributed by atoms with Crippen LogP contribution in [-0.2, 0) is 11.4 Å². The van der Waals surface area contributed by atoms with E-state index in [0.29, 0.717) is 12.4 Å². The number of aliphatic hydroxyl groups excluding tert-OH is 1. The second-order valence-electron chi connectivity index (χ2n) is 7.17. The molecular weight excluding hydrogens is 362 g/mol. The molecule has 4 nitrogen and oxygen atoms in total. The van der Waals surface area contributed by atoms with E-state index in [1.807, 2.05) is 62.4 Å². The Labute approximate surface area is 172 Å². The Morgan fingerprint density at radius 3 is 2.31 bits per heavy atom. The summed E-state index contributed by atoms with van der Waals surface area (Å²) in [6.45, 7) is 4.27. The van der Waals surface area contributed by atoms with Gasteiger partial charge in [0.15, 0.2) is 0 Å². The van der Waals surface area contributed by atoms with E-state index in [9.17, 15) is 9.90 Å². The zero-order valence-electron chi connectivity index (χ0n) is 16.9. The Bertz CT molecular complexity index is 936. The number of nitrogens with one attached hydrogen (secondary N) is 1. The van der Waals surface area contributed by atoms with Crippen molar-refractivity contribution < 1.29 is 14.6 Å². The molecule has 1 unspecified atom stereocenters. The monoisotopic (exact) mass is 389 g/mol. The number of hydrogen-bond acceptors (Lipinski definition) is 3. The summed E-state index contributed by atoms with van der Waals surface area (Å²) in [5.74, 6) is 0.633. The van der Waals surface area contributed by atoms with Gasteiger partial charge in [-0.25, -0.2) is 0 Å². The molecule has 1 amide bonds. The number of ether oxygens (including phenoxy) is 1. The molecule has 3 aromatic rings. The summed E-state index contributed by atoms with van der Waals surface area (Å²) < 4.78 is 5.72. The number of aryl methyl sites for hydroxylation is 2.